The van der Waals surface area contributed by atoms with Crippen molar-refractivity contribution in [3.63, 3.8) is 0 Å². The van der Waals surface area contributed by atoms with E-state index in [9.17, 15) is 14.3 Å². The van der Waals surface area contributed by atoms with Gasteiger partial charge in [-0.25, -0.2) is 9.18 Å². The Labute approximate surface area is 170 Å². The molecule has 5 aliphatic rings. The van der Waals surface area contributed by atoms with Crippen LogP contribution in [0.1, 0.15) is 33.6 Å². The average Bonchev–Trinajstić information content (AvgIpc) is 3.13. The van der Waals surface area contributed by atoms with Gasteiger partial charge in [-0.1, -0.05) is 0 Å². The molecule has 5 fully saturated rings. The fraction of sp³-hybridized carbons (Fsp3) is 0.696. The van der Waals surface area contributed by atoms with Crippen LogP contribution < -0.4 is 15.4 Å². The Morgan fingerprint density at radius 2 is 1.90 bits per heavy atom. The first kappa shape index (κ1) is 18.0. The second-order valence-electron chi connectivity index (χ2n) is 11.0. The van der Waals surface area contributed by atoms with Crippen LogP contribution in [0.3, 0.4) is 0 Å². The molecule has 2 amide bonds. The number of nitrogens with one attached hydrogen (secondary N) is 2. The summed E-state index contributed by atoms with van der Waals surface area (Å²) in [6, 6.07) is 3.70. The fourth-order valence-electron chi connectivity index (χ4n) is 8.36. The second-order valence-corrected chi connectivity index (χ2v) is 11.0. The highest BCUT2D eigenvalue weighted by Gasteiger charge is 2.84. The number of hydrogen-bond donors (Lipinski definition) is 3. The number of urea groups is 1. The average molecular weight is 400 g/mol. The lowest BCUT2D eigenvalue weighted by Gasteiger charge is -2.51. The molecular weight excluding hydrogens is 371 g/mol. The molecule has 5 saturated carbocycles. The van der Waals surface area contributed by atoms with Gasteiger partial charge < -0.3 is 20.5 Å². The van der Waals surface area contributed by atoms with Gasteiger partial charge in [0.05, 0.1) is 11.3 Å². The van der Waals surface area contributed by atoms with Crippen LogP contribution in [-0.4, -0.2) is 28.9 Å². The van der Waals surface area contributed by atoms with Gasteiger partial charge in [-0.2, -0.15) is 0 Å². The molecule has 9 atom stereocenters. The lowest BCUT2D eigenvalue weighted by Crippen LogP contribution is -2.59. The van der Waals surface area contributed by atoms with Gasteiger partial charge in [-0.15, -0.1) is 0 Å². The zero-order valence-electron chi connectivity index (χ0n) is 17.1. The molecule has 1 aromatic carbocycles. The molecule has 5 aliphatic carbocycles. The third-order valence-corrected chi connectivity index (χ3v) is 8.66. The van der Waals surface area contributed by atoms with E-state index in [4.69, 9.17) is 4.74 Å². The number of aliphatic hydroxyl groups is 1. The summed E-state index contributed by atoms with van der Waals surface area (Å²) in [4.78, 5) is 12.6. The van der Waals surface area contributed by atoms with Crippen molar-refractivity contribution in [3.05, 3.63) is 24.0 Å². The largest absolute Gasteiger partial charge is 0.486 e. The highest BCUT2D eigenvalue weighted by Crippen LogP contribution is 2.85. The summed E-state index contributed by atoms with van der Waals surface area (Å²) in [6.45, 7) is 5.91. The Hall–Kier alpha value is -1.82. The Morgan fingerprint density at radius 3 is 2.66 bits per heavy atom. The normalized spacial score (nSPS) is 44.9. The summed E-state index contributed by atoms with van der Waals surface area (Å²) in [6.07, 6.45) is 2.60. The van der Waals surface area contributed by atoms with E-state index < -0.39 is 17.0 Å². The van der Waals surface area contributed by atoms with Crippen LogP contribution in [0.5, 0.6) is 5.75 Å². The minimum Gasteiger partial charge on any atom is -0.486 e. The third-order valence-electron chi connectivity index (χ3n) is 8.66. The molecule has 0 saturated heterocycles. The first-order chi connectivity index (χ1) is 13.7. The molecule has 3 N–H and O–H groups in total. The van der Waals surface area contributed by atoms with Crippen LogP contribution in [-0.2, 0) is 0 Å². The molecule has 9 unspecified atom stereocenters. The summed E-state index contributed by atoms with van der Waals surface area (Å²) in [7, 11) is 0. The number of carbonyl (C=O) groups excluding carboxylic acids is 1. The topological polar surface area (TPSA) is 70.6 Å². The number of rotatable bonds is 4. The van der Waals surface area contributed by atoms with Crippen LogP contribution in [0.15, 0.2) is 18.2 Å². The lowest BCUT2D eigenvalue weighted by molar-refractivity contribution is -0.126. The predicted molar refractivity (Wildman–Crippen MR) is 106 cm³/mol. The number of halogens is 1. The molecule has 6 heteroatoms. The first-order valence-corrected chi connectivity index (χ1v) is 10.9. The Bertz CT molecular complexity index is 893. The molecule has 156 valence electrons. The minimum atomic E-state index is -0.754. The van der Waals surface area contributed by atoms with Gasteiger partial charge in [-0.3, -0.25) is 0 Å². The van der Waals surface area contributed by atoms with E-state index in [1.54, 1.807) is 0 Å². The van der Waals surface area contributed by atoms with Gasteiger partial charge in [0.25, 0.3) is 0 Å². The van der Waals surface area contributed by atoms with Crippen molar-refractivity contribution in [1.29, 1.82) is 0 Å². The summed E-state index contributed by atoms with van der Waals surface area (Å²) in [5.74, 6) is 5.06. The molecular formula is C23H29FN2O3. The Morgan fingerprint density at radius 1 is 1.17 bits per heavy atom. The van der Waals surface area contributed by atoms with Gasteiger partial charge in [0.15, 0.2) is 0 Å². The SMILES string of the molecule is CC(C)(C)Oc1cc(F)ccc1NC(=O)NCC1(O)C2C3CC4C5C3CC2C5C41. The number of carbonyl (C=O) groups is 1. The number of benzene rings is 1. The minimum absolute atomic E-state index is 0.296. The Kier molecular flexibility index (Phi) is 3.38. The maximum atomic E-state index is 13.7. The molecule has 5 nitrogen and oxygen atoms in total. The molecule has 0 aliphatic heterocycles. The van der Waals surface area contributed by atoms with Gasteiger partial charge in [0.1, 0.15) is 17.2 Å². The fourth-order valence-corrected chi connectivity index (χ4v) is 8.36. The molecule has 1 aromatic rings. The van der Waals surface area contributed by atoms with E-state index in [-0.39, 0.29) is 6.03 Å². The highest BCUT2D eigenvalue weighted by molar-refractivity contribution is 5.91. The van der Waals surface area contributed by atoms with Crippen molar-refractivity contribution in [2.75, 3.05) is 11.9 Å². The zero-order valence-corrected chi connectivity index (χ0v) is 17.1. The maximum absolute atomic E-state index is 13.7. The maximum Gasteiger partial charge on any atom is 0.319 e. The van der Waals surface area contributed by atoms with Gasteiger partial charge in [0, 0.05) is 12.6 Å². The smallest absolute Gasteiger partial charge is 0.319 e. The van der Waals surface area contributed by atoms with E-state index in [2.05, 4.69) is 10.6 Å². The van der Waals surface area contributed by atoms with Crippen LogP contribution >= 0.6 is 0 Å². The van der Waals surface area contributed by atoms with Crippen molar-refractivity contribution >= 4 is 11.7 Å². The van der Waals surface area contributed by atoms with E-state index in [0.29, 0.717) is 53.5 Å². The summed E-state index contributed by atoms with van der Waals surface area (Å²) < 4.78 is 19.5. The molecule has 0 heterocycles. The lowest BCUT2D eigenvalue weighted by atomic mass is 9.56. The van der Waals surface area contributed by atoms with E-state index >= 15 is 0 Å². The highest BCUT2D eigenvalue weighted by atomic mass is 19.1. The molecule has 2 bridgehead atoms. The van der Waals surface area contributed by atoms with Crippen LogP contribution in [0.25, 0.3) is 0 Å². The first-order valence-electron chi connectivity index (χ1n) is 10.9. The third kappa shape index (κ3) is 2.27. The molecule has 29 heavy (non-hydrogen) atoms. The molecule has 6 rings (SSSR count). The van der Waals surface area contributed by atoms with E-state index in [1.165, 1.54) is 31.0 Å². The standard InChI is InChI=1S/C23H29FN2O3/c1-22(2,3)29-16-6-10(24)4-5-15(16)26-21(27)25-9-23(28)19-12-8-13-17-11(12)7-14(19)18(17)20(13)23/h4-6,11-14,17-20,28H,7-9H2,1-3H3,(H2,25,26,27). The second kappa shape index (κ2) is 5.45. The summed E-state index contributed by atoms with van der Waals surface area (Å²) >= 11 is 0. The van der Waals surface area contributed by atoms with Crippen LogP contribution in [0, 0.1) is 53.2 Å². The van der Waals surface area contributed by atoms with Crippen molar-refractivity contribution in [3.8, 4) is 5.75 Å². The van der Waals surface area contributed by atoms with Crippen molar-refractivity contribution < 1.29 is 19.0 Å². The molecule has 0 spiro atoms. The van der Waals surface area contributed by atoms with Crippen molar-refractivity contribution in [1.82, 2.24) is 5.32 Å². The summed E-state index contributed by atoms with van der Waals surface area (Å²) in [5, 5.41) is 17.3. The monoisotopic (exact) mass is 400 g/mol. The quantitative estimate of drug-likeness (QED) is 0.723. The van der Waals surface area contributed by atoms with Crippen molar-refractivity contribution in [2.24, 2.45) is 47.3 Å². The van der Waals surface area contributed by atoms with E-state index in [1.807, 2.05) is 20.8 Å². The van der Waals surface area contributed by atoms with Gasteiger partial charge >= 0.3 is 6.03 Å². The number of ether oxygens (including phenoxy) is 1. The van der Waals surface area contributed by atoms with Gasteiger partial charge in [-0.05, 0) is 93.1 Å². The Balaban J connectivity index is 1.15. The van der Waals surface area contributed by atoms with Crippen LogP contribution in [0.2, 0.25) is 0 Å². The van der Waals surface area contributed by atoms with Crippen LogP contribution in [0.4, 0.5) is 14.9 Å². The number of anilines is 1. The number of fused-ring (bicyclic) bond motifs is 2. The molecule has 0 aromatic heterocycles. The van der Waals surface area contributed by atoms with Gasteiger partial charge in [0.2, 0.25) is 0 Å². The van der Waals surface area contributed by atoms with E-state index in [0.717, 1.165) is 11.8 Å². The summed E-state index contributed by atoms with van der Waals surface area (Å²) in [5.41, 5.74) is -0.847. The number of hydrogen-bond acceptors (Lipinski definition) is 3. The number of amides is 2. The molecule has 0 radical (unpaired) electrons. The zero-order chi connectivity index (χ0) is 20.3. The predicted octanol–water partition coefficient (Wildman–Crippen LogP) is 3.63. The van der Waals surface area contributed by atoms with Crippen molar-refractivity contribution in [2.45, 2.75) is 44.8 Å².